The topological polar surface area (TPSA) is 58.1 Å². The molecule has 1 aromatic heterocycles. The number of amides is 1. The van der Waals surface area contributed by atoms with Gasteiger partial charge in [0.2, 0.25) is 5.91 Å². The molecule has 0 saturated carbocycles. The van der Waals surface area contributed by atoms with Crippen LogP contribution in [0.1, 0.15) is 6.92 Å². The smallest absolute Gasteiger partial charge is 0.235 e. The zero-order valence-electron chi connectivity index (χ0n) is 9.05. The minimum atomic E-state index is -0.0777. The van der Waals surface area contributed by atoms with Crippen LogP contribution in [0.3, 0.4) is 0 Å². The van der Waals surface area contributed by atoms with Crippen LogP contribution < -0.4 is 5.32 Å². The largest absolute Gasteiger partial charge is 0.339 e. The van der Waals surface area contributed by atoms with E-state index in [1.54, 1.807) is 5.51 Å². The summed E-state index contributed by atoms with van der Waals surface area (Å²) in [5.41, 5.74) is 1.68. The van der Waals surface area contributed by atoms with Crippen molar-refractivity contribution >= 4 is 29.0 Å². The van der Waals surface area contributed by atoms with Crippen LogP contribution in [0.5, 0.6) is 0 Å². The van der Waals surface area contributed by atoms with Gasteiger partial charge in [-0.2, -0.15) is 0 Å². The highest BCUT2D eigenvalue weighted by Gasteiger charge is 2.23. The first-order chi connectivity index (χ1) is 7.77. The Morgan fingerprint density at radius 3 is 3.00 bits per heavy atom. The second kappa shape index (κ2) is 5.60. The van der Waals surface area contributed by atoms with E-state index in [9.17, 15) is 4.79 Å². The predicted molar refractivity (Wildman–Crippen MR) is 64.7 cm³/mol. The average molecular weight is 258 g/mol. The molecule has 1 amide bonds. The zero-order chi connectivity index (χ0) is 11.4. The third-order valence-electron chi connectivity index (χ3n) is 2.39. The number of rotatable bonds is 3. The number of nitrogens with one attached hydrogen (secondary N) is 1. The summed E-state index contributed by atoms with van der Waals surface area (Å²) in [4.78, 5) is 14.0. The van der Waals surface area contributed by atoms with Gasteiger partial charge in [0.25, 0.3) is 0 Å². The van der Waals surface area contributed by atoms with E-state index in [1.165, 1.54) is 23.1 Å². The molecular formula is C9H14N4OS2. The number of carbonyl (C=O) groups is 1. The van der Waals surface area contributed by atoms with Crippen molar-refractivity contribution in [2.24, 2.45) is 0 Å². The number of nitrogens with zero attached hydrogens (tertiary/aromatic N) is 3. The van der Waals surface area contributed by atoms with Gasteiger partial charge in [-0.05, 0) is 6.92 Å². The SMILES string of the molecule is CC(Sc1nncs1)C(=O)N1CCNCC1. The van der Waals surface area contributed by atoms with Crippen LogP contribution in [0, 0.1) is 0 Å². The van der Waals surface area contributed by atoms with E-state index in [0.29, 0.717) is 0 Å². The van der Waals surface area contributed by atoms with E-state index in [-0.39, 0.29) is 11.2 Å². The monoisotopic (exact) mass is 258 g/mol. The summed E-state index contributed by atoms with van der Waals surface area (Å²) < 4.78 is 0.857. The maximum atomic E-state index is 12.1. The molecule has 16 heavy (non-hydrogen) atoms. The second-order valence-electron chi connectivity index (χ2n) is 3.54. The van der Waals surface area contributed by atoms with Gasteiger partial charge < -0.3 is 10.2 Å². The highest BCUT2D eigenvalue weighted by molar-refractivity contribution is 8.02. The maximum Gasteiger partial charge on any atom is 0.235 e. The summed E-state index contributed by atoms with van der Waals surface area (Å²) >= 11 is 2.96. The van der Waals surface area contributed by atoms with Crippen molar-refractivity contribution in [1.29, 1.82) is 0 Å². The van der Waals surface area contributed by atoms with E-state index in [1.807, 2.05) is 11.8 Å². The van der Waals surface area contributed by atoms with Crippen molar-refractivity contribution in [1.82, 2.24) is 20.4 Å². The molecule has 1 N–H and O–H groups in total. The van der Waals surface area contributed by atoms with Crippen molar-refractivity contribution in [2.45, 2.75) is 16.5 Å². The lowest BCUT2D eigenvalue weighted by molar-refractivity contribution is -0.130. The van der Waals surface area contributed by atoms with Crippen molar-refractivity contribution in [2.75, 3.05) is 26.2 Å². The van der Waals surface area contributed by atoms with Crippen LogP contribution in [0.2, 0.25) is 0 Å². The fourth-order valence-corrected chi connectivity index (χ4v) is 3.27. The minimum absolute atomic E-state index is 0.0777. The highest BCUT2D eigenvalue weighted by atomic mass is 32.2. The van der Waals surface area contributed by atoms with Crippen molar-refractivity contribution in [3.05, 3.63) is 5.51 Å². The first-order valence-corrected chi connectivity index (χ1v) is 6.95. The Labute approximate surface area is 103 Å². The molecule has 2 heterocycles. The molecule has 1 aromatic rings. The van der Waals surface area contributed by atoms with Gasteiger partial charge in [0, 0.05) is 26.2 Å². The first-order valence-electron chi connectivity index (χ1n) is 5.19. The lowest BCUT2D eigenvalue weighted by atomic mass is 10.3. The molecule has 0 bridgehead atoms. The minimum Gasteiger partial charge on any atom is -0.339 e. The zero-order valence-corrected chi connectivity index (χ0v) is 10.7. The van der Waals surface area contributed by atoms with Crippen LogP contribution >= 0.6 is 23.1 Å². The Morgan fingerprint density at radius 1 is 1.62 bits per heavy atom. The van der Waals surface area contributed by atoms with Crippen LogP contribution in [0.15, 0.2) is 9.85 Å². The lowest BCUT2D eigenvalue weighted by Crippen LogP contribution is -2.48. The Balaban J connectivity index is 1.88. The van der Waals surface area contributed by atoms with E-state index in [0.717, 1.165) is 30.5 Å². The number of hydrogen-bond acceptors (Lipinski definition) is 6. The molecule has 1 atom stereocenters. The Bertz CT molecular complexity index is 337. The van der Waals surface area contributed by atoms with E-state index < -0.39 is 0 Å². The molecule has 0 aliphatic carbocycles. The highest BCUT2D eigenvalue weighted by Crippen LogP contribution is 2.25. The van der Waals surface area contributed by atoms with Gasteiger partial charge in [-0.15, -0.1) is 10.2 Å². The molecule has 88 valence electrons. The van der Waals surface area contributed by atoms with E-state index in [4.69, 9.17) is 0 Å². The van der Waals surface area contributed by atoms with Crippen LogP contribution in [-0.2, 0) is 4.79 Å². The quantitative estimate of drug-likeness (QED) is 0.798. The fraction of sp³-hybridized carbons (Fsp3) is 0.667. The summed E-state index contributed by atoms with van der Waals surface area (Å²) in [5.74, 6) is 0.196. The summed E-state index contributed by atoms with van der Waals surface area (Å²) in [6.07, 6.45) is 0. The molecule has 1 saturated heterocycles. The van der Waals surface area contributed by atoms with Gasteiger partial charge in [-0.3, -0.25) is 4.79 Å². The molecule has 5 nitrogen and oxygen atoms in total. The van der Waals surface area contributed by atoms with Gasteiger partial charge >= 0.3 is 0 Å². The summed E-state index contributed by atoms with van der Waals surface area (Å²) in [6.45, 7) is 5.32. The predicted octanol–water partition coefficient (Wildman–Crippen LogP) is 0.450. The first kappa shape index (κ1) is 11.8. The third-order valence-corrected chi connectivity index (χ3v) is 4.29. The number of piperazine rings is 1. The van der Waals surface area contributed by atoms with Gasteiger partial charge in [0.1, 0.15) is 5.51 Å². The van der Waals surface area contributed by atoms with Crippen molar-refractivity contribution in [3.8, 4) is 0 Å². The standard InChI is InChI=1S/C9H14N4OS2/c1-7(16-9-12-11-6-15-9)8(14)13-4-2-10-3-5-13/h6-7,10H,2-5H2,1H3. The number of hydrogen-bond donors (Lipinski definition) is 1. The molecule has 1 fully saturated rings. The second-order valence-corrected chi connectivity index (χ2v) is 5.96. The Kier molecular flexibility index (Phi) is 4.14. The molecule has 1 unspecified atom stereocenters. The summed E-state index contributed by atoms with van der Waals surface area (Å²) in [5, 5.41) is 10.8. The van der Waals surface area contributed by atoms with Crippen molar-refractivity contribution in [3.63, 3.8) is 0 Å². The lowest BCUT2D eigenvalue weighted by Gasteiger charge is -2.29. The van der Waals surface area contributed by atoms with E-state index >= 15 is 0 Å². The van der Waals surface area contributed by atoms with Crippen LogP contribution in [-0.4, -0.2) is 52.4 Å². The molecule has 0 aromatic carbocycles. The van der Waals surface area contributed by atoms with Crippen LogP contribution in [0.4, 0.5) is 0 Å². The number of aromatic nitrogens is 2. The summed E-state index contributed by atoms with van der Waals surface area (Å²) in [6, 6.07) is 0. The fourth-order valence-electron chi connectivity index (χ4n) is 1.56. The van der Waals surface area contributed by atoms with Crippen molar-refractivity contribution < 1.29 is 4.79 Å². The molecule has 7 heteroatoms. The number of carbonyl (C=O) groups excluding carboxylic acids is 1. The molecular weight excluding hydrogens is 244 g/mol. The molecule has 1 aliphatic heterocycles. The molecule has 0 spiro atoms. The van der Waals surface area contributed by atoms with Gasteiger partial charge in [-0.1, -0.05) is 23.1 Å². The Morgan fingerprint density at radius 2 is 2.38 bits per heavy atom. The molecule has 1 aliphatic rings. The number of thioether (sulfide) groups is 1. The molecule has 0 radical (unpaired) electrons. The molecule has 2 rings (SSSR count). The summed E-state index contributed by atoms with van der Waals surface area (Å²) in [7, 11) is 0. The van der Waals surface area contributed by atoms with Crippen LogP contribution in [0.25, 0.3) is 0 Å². The van der Waals surface area contributed by atoms with E-state index in [2.05, 4.69) is 15.5 Å². The van der Waals surface area contributed by atoms with Gasteiger partial charge in [0.15, 0.2) is 4.34 Å². The Hall–Kier alpha value is -0.660. The average Bonchev–Trinajstić information content (AvgIpc) is 2.82. The third kappa shape index (κ3) is 2.93. The van der Waals surface area contributed by atoms with Gasteiger partial charge in [-0.25, -0.2) is 0 Å². The van der Waals surface area contributed by atoms with Gasteiger partial charge in [0.05, 0.1) is 5.25 Å². The maximum absolute atomic E-state index is 12.1. The normalized spacial score (nSPS) is 18.4.